The van der Waals surface area contributed by atoms with Crippen LogP contribution in [0.3, 0.4) is 0 Å². The molecule has 1 heterocycles. The van der Waals surface area contributed by atoms with Crippen molar-refractivity contribution >= 4 is 23.3 Å². The first-order valence-electron chi connectivity index (χ1n) is 10.2. The molecule has 0 atom stereocenters. The predicted octanol–water partition coefficient (Wildman–Crippen LogP) is 4.13. The van der Waals surface area contributed by atoms with Gasteiger partial charge in [-0.15, -0.1) is 0 Å². The molecule has 0 radical (unpaired) electrons. The number of benzene rings is 2. The standard InChI is InChI=1S/C23H27N3O2/c27-22(19-8-4-5-9-19)26-15-13-18-10-11-20(16-21(18)26)25-23(28)24-14-12-17-6-2-1-3-7-17/h1-3,6-7,10-11,16,19H,4-5,8-9,12-15H2,(H2,24,25,28). The normalized spacial score (nSPS) is 16.1. The van der Waals surface area contributed by atoms with Crippen LogP contribution in [0.2, 0.25) is 0 Å². The molecule has 3 amide bonds. The van der Waals surface area contributed by atoms with Gasteiger partial charge in [0.05, 0.1) is 0 Å². The average molecular weight is 377 g/mol. The number of carbonyl (C=O) groups is 2. The van der Waals surface area contributed by atoms with E-state index in [1.807, 2.05) is 41.3 Å². The van der Waals surface area contributed by atoms with E-state index in [9.17, 15) is 9.59 Å². The number of nitrogens with zero attached hydrogens (tertiary/aromatic N) is 1. The van der Waals surface area contributed by atoms with Crippen LogP contribution in [0.15, 0.2) is 48.5 Å². The monoisotopic (exact) mass is 377 g/mol. The Labute approximate surface area is 166 Å². The van der Waals surface area contributed by atoms with E-state index in [1.165, 1.54) is 11.1 Å². The smallest absolute Gasteiger partial charge is 0.319 e. The lowest BCUT2D eigenvalue weighted by molar-refractivity contribution is -0.122. The Bertz CT molecular complexity index is 844. The van der Waals surface area contributed by atoms with Crippen molar-refractivity contribution < 1.29 is 9.59 Å². The van der Waals surface area contributed by atoms with Crippen molar-refractivity contribution in [3.05, 3.63) is 59.7 Å². The van der Waals surface area contributed by atoms with Gasteiger partial charge in [-0.05, 0) is 48.9 Å². The first-order chi connectivity index (χ1) is 13.7. The Hall–Kier alpha value is -2.82. The van der Waals surface area contributed by atoms with E-state index in [4.69, 9.17) is 0 Å². The molecule has 0 bridgehead atoms. The molecule has 146 valence electrons. The van der Waals surface area contributed by atoms with Crippen LogP contribution in [0.5, 0.6) is 0 Å². The summed E-state index contributed by atoms with van der Waals surface area (Å²) in [6.45, 7) is 1.32. The molecule has 1 aliphatic carbocycles. The highest BCUT2D eigenvalue weighted by Crippen LogP contribution is 2.35. The van der Waals surface area contributed by atoms with Gasteiger partial charge in [-0.2, -0.15) is 0 Å². The summed E-state index contributed by atoms with van der Waals surface area (Å²) in [5.74, 6) is 0.421. The third kappa shape index (κ3) is 4.19. The maximum absolute atomic E-state index is 12.8. The van der Waals surface area contributed by atoms with Gasteiger partial charge in [0.25, 0.3) is 0 Å². The van der Waals surface area contributed by atoms with Crippen LogP contribution in [0, 0.1) is 5.92 Å². The summed E-state index contributed by atoms with van der Waals surface area (Å²) >= 11 is 0. The maximum atomic E-state index is 12.8. The molecule has 0 spiro atoms. The predicted molar refractivity (Wildman–Crippen MR) is 112 cm³/mol. The fourth-order valence-electron chi connectivity index (χ4n) is 4.22. The molecule has 0 aromatic heterocycles. The summed E-state index contributed by atoms with van der Waals surface area (Å²) in [7, 11) is 0. The summed E-state index contributed by atoms with van der Waals surface area (Å²) in [6.07, 6.45) is 6.00. The third-order valence-corrected chi connectivity index (χ3v) is 5.75. The van der Waals surface area contributed by atoms with Crippen molar-refractivity contribution in [1.82, 2.24) is 5.32 Å². The highest BCUT2D eigenvalue weighted by molar-refractivity contribution is 5.98. The van der Waals surface area contributed by atoms with Gasteiger partial charge in [0.1, 0.15) is 0 Å². The molecule has 2 N–H and O–H groups in total. The molecular weight excluding hydrogens is 350 g/mol. The van der Waals surface area contributed by atoms with E-state index in [1.54, 1.807) is 0 Å². The van der Waals surface area contributed by atoms with E-state index >= 15 is 0 Å². The third-order valence-electron chi connectivity index (χ3n) is 5.75. The number of nitrogens with one attached hydrogen (secondary N) is 2. The fraction of sp³-hybridized carbons (Fsp3) is 0.391. The van der Waals surface area contributed by atoms with Gasteiger partial charge in [-0.25, -0.2) is 4.79 Å². The molecule has 4 rings (SSSR count). The molecule has 5 heteroatoms. The molecule has 1 saturated carbocycles. The van der Waals surface area contributed by atoms with E-state index in [0.29, 0.717) is 6.54 Å². The number of fused-ring (bicyclic) bond motifs is 1. The van der Waals surface area contributed by atoms with Gasteiger partial charge in [-0.1, -0.05) is 49.2 Å². The van der Waals surface area contributed by atoms with Crippen molar-refractivity contribution in [1.29, 1.82) is 0 Å². The molecule has 0 saturated heterocycles. The van der Waals surface area contributed by atoms with Crippen LogP contribution in [0.1, 0.15) is 36.8 Å². The fourth-order valence-corrected chi connectivity index (χ4v) is 4.22. The molecule has 2 aromatic rings. The van der Waals surface area contributed by atoms with Gasteiger partial charge in [0.15, 0.2) is 0 Å². The van der Waals surface area contributed by atoms with Crippen LogP contribution < -0.4 is 15.5 Å². The molecule has 0 unspecified atom stereocenters. The van der Waals surface area contributed by atoms with E-state index in [0.717, 1.165) is 56.4 Å². The Kier molecular flexibility index (Phi) is 5.60. The Morgan fingerprint density at radius 2 is 1.82 bits per heavy atom. The minimum atomic E-state index is -0.220. The van der Waals surface area contributed by atoms with E-state index in [2.05, 4.69) is 22.8 Å². The summed E-state index contributed by atoms with van der Waals surface area (Å²) in [4.78, 5) is 27.0. The maximum Gasteiger partial charge on any atom is 0.319 e. The zero-order valence-electron chi connectivity index (χ0n) is 16.1. The van der Waals surface area contributed by atoms with Crippen LogP contribution in [-0.2, 0) is 17.6 Å². The summed E-state index contributed by atoms with van der Waals surface area (Å²) in [6, 6.07) is 15.7. The Balaban J connectivity index is 1.35. The highest BCUT2D eigenvalue weighted by Gasteiger charge is 2.31. The van der Waals surface area contributed by atoms with Crippen molar-refractivity contribution in [3.63, 3.8) is 0 Å². The lowest BCUT2D eigenvalue weighted by atomic mass is 10.1. The molecule has 1 aliphatic heterocycles. The highest BCUT2D eigenvalue weighted by atomic mass is 16.2. The van der Waals surface area contributed by atoms with Crippen LogP contribution >= 0.6 is 0 Å². The minimum absolute atomic E-state index is 0.170. The van der Waals surface area contributed by atoms with Crippen molar-refractivity contribution in [2.45, 2.75) is 38.5 Å². The zero-order valence-corrected chi connectivity index (χ0v) is 16.1. The van der Waals surface area contributed by atoms with Crippen LogP contribution in [-0.4, -0.2) is 25.0 Å². The van der Waals surface area contributed by atoms with E-state index in [-0.39, 0.29) is 17.9 Å². The number of carbonyl (C=O) groups excluding carboxylic acids is 2. The number of rotatable bonds is 5. The lowest BCUT2D eigenvalue weighted by Crippen LogP contribution is -2.34. The van der Waals surface area contributed by atoms with Gasteiger partial charge in [0.2, 0.25) is 5.91 Å². The van der Waals surface area contributed by atoms with Crippen molar-refractivity contribution in [3.8, 4) is 0 Å². The minimum Gasteiger partial charge on any atom is -0.338 e. The summed E-state index contributed by atoms with van der Waals surface area (Å²) in [5.41, 5.74) is 4.06. The van der Waals surface area contributed by atoms with Crippen molar-refractivity contribution in [2.24, 2.45) is 5.92 Å². The zero-order chi connectivity index (χ0) is 19.3. The van der Waals surface area contributed by atoms with Crippen LogP contribution in [0.4, 0.5) is 16.2 Å². The first-order valence-corrected chi connectivity index (χ1v) is 10.2. The second-order valence-electron chi connectivity index (χ2n) is 7.68. The molecule has 2 aliphatic rings. The lowest BCUT2D eigenvalue weighted by Gasteiger charge is -2.21. The number of anilines is 2. The Morgan fingerprint density at radius 3 is 2.61 bits per heavy atom. The number of amides is 3. The SMILES string of the molecule is O=C(NCCc1ccccc1)Nc1ccc2c(c1)N(C(=O)C1CCCC1)CC2. The molecule has 5 nitrogen and oxygen atoms in total. The second-order valence-corrected chi connectivity index (χ2v) is 7.68. The summed E-state index contributed by atoms with van der Waals surface area (Å²) in [5, 5.41) is 5.79. The average Bonchev–Trinajstić information content (AvgIpc) is 3.38. The van der Waals surface area contributed by atoms with Crippen LogP contribution in [0.25, 0.3) is 0 Å². The van der Waals surface area contributed by atoms with Gasteiger partial charge in [0, 0.05) is 30.4 Å². The summed E-state index contributed by atoms with van der Waals surface area (Å²) < 4.78 is 0. The van der Waals surface area contributed by atoms with Gasteiger partial charge >= 0.3 is 6.03 Å². The van der Waals surface area contributed by atoms with E-state index < -0.39 is 0 Å². The molecule has 28 heavy (non-hydrogen) atoms. The molecular formula is C23H27N3O2. The van der Waals surface area contributed by atoms with Crippen molar-refractivity contribution in [2.75, 3.05) is 23.3 Å². The quantitative estimate of drug-likeness (QED) is 0.823. The molecule has 1 fully saturated rings. The first kappa shape index (κ1) is 18.5. The van der Waals surface area contributed by atoms with Gasteiger partial charge in [-0.3, -0.25) is 4.79 Å². The molecule has 2 aromatic carbocycles. The number of urea groups is 1. The topological polar surface area (TPSA) is 61.4 Å². The largest absolute Gasteiger partial charge is 0.338 e. The number of hydrogen-bond donors (Lipinski definition) is 2. The Morgan fingerprint density at radius 1 is 1.04 bits per heavy atom. The van der Waals surface area contributed by atoms with Gasteiger partial charge < -0.3 is 15.5 Å². The second kappa shape index (κ2) is 8.46. The number of hydrogen-bond acceptors (Lipinski definition) is 2.